The number of hydrogen-bond acceptors (Lipinski definition) is 6. The van der Waals surface area contributed by atoms with Crippen LogP contribution in [0.25, 0.3) is 0 Å². The van der Waals surface area contributed by atoms with Gasteiger partial charge in [0.05, 0.1) is 11.4 Å². The molecule has 0 spiro atoms. The predicted molar refractivity (Wildman–Crippen MR) is 86.8 cm³/mol. The maximum absolute atomic E-state index is 12.5. The van der Waals surface area contributed by atoms with E-state index in [4.69, 9.17) is 0 Å². The zero-order chi connectivity index (χ0) is 17.7. The second kappa shape index (κ2) is 7.18. The van der Waals surface area contributed by atoms with Gasteiger partial charge in [0.2, 0.25) is 5.91 Å². The van der Waals surface area contributed by atoms with E-state index in [-0.39, 0.29) is 11.7 Å². The Hall–Kier alpha value is -2.81. The highest BCUT2D eigenvalue weighted by Gasteiger charge is 2.10. The number of nitrogens with one attached hydrogen (secondary N) is 1. The van der Waals surface area contributed by atoms with Crippen molar-refractivity contribution >= 4 is 33.5 Å². The highest BCUT2D eigenvalue weighted by atomic mass is 32.3. The molecule has 0 aliphatic heterocycles. The second-order valence-electron chi connectivity index (χ2n) is 4.85. The Morgan fingerprint density at radius 2 is 1.79 bits per heavy atom. The summed E-state index contributed by atoms with van der Waals surface area (Å²) in [4.78, 5) is 10.9. The molecule has 0 heterocycles. The van der Waals surface area contributed by atoms with E-state index >= 15 is 0 Å². The van der Waals surface area contributed by atoms with E-state index in [1.54, 1.807) is 31.2 Å². The van der Waals surface area contributed by atoms with E-state index in [9.17, 15) is 17.1 Å². The third-order valence-electron chi connectivity index (χ3n) is 2.82. The molecule has 0 unspecified atom stereocenters. The van der Waals surface area contributed by atoms with Crippen LogP contribution in [0.15, 0.2) is 52.7 Å². The number of amides is 1. The number of benzene rings is 2. The fraction of sp³-hybridized carbons (Fsp3) is 0.133. The largest absolute Gasteiger partial charge is 0.488 e. The molecule has 9 heteroatoms. The molecule has 0 fully saturated rings. The molecule has 126 valence electrons. The lowest BCUT2D eigenvalue weighted by Crippen LogP contribution is -2.04. The Balaban J connectivity index is 2.12. The van der Waals surface area contributed by atoms with Gasteiger partial charge in [0.15, 0.2) is 0 Å². The summed E-state index contributed by atoms with van der Waals surface area (Å²) in [6.45, 7) is 3.07. The van der Waals surface area contributed by atoms with Crippen LogP contribution >= 0.6 is 0 Å². The summed E-state index contributed by atoms with van der Waals surface area (Å²) >= 11 is 0. The van der Waals surface area contributed by atoms with Crippen LogP contribution < -0.4 is 9.50 Å². The van der Waals surface area contributed by atoms with E-state index in [0.29, 0.717) is 22.6 Å². The van der Waals surface area contributed by atoms with Gasteiger partial charge in [0.1, 0.15) is 5.75 Å². The Kier molecular flexibility index (Phi) is 5.24. The Morgan fingerprint density at radius 3 is 2.33 bits per heavy atom. The van der Waals surface area contributed by atoms with Crippen molar-refractivity contribution in [1.29, 1.82) is 0 Å². The Bertz CT molecular complexity index is 880. The minimum absolute atomic E-state index is 0.145. The van der Waals surface area contributed by atoms with Gasteiger partial charge in [-0.05, 0) is 55.0 Å². The first kappa shape index (κ1) is 17.5. The maximum atomic E-state index is 12.5. The maximum Gasteiger partial charge on any atom is 0.488 e. The minimum atomic E-state index is -5.06. The van der Waals surface area contributed by atoms with Crippen molar-refractivity contribution in [2.24, 2.45) is 10.2 Å². The molecule has 0 radical (unpaired) electrons. The highest BCUT2D eigenvalue weighted by Crippen LogP contribution is 2.27. The van der Waals surface area contributed by atoms with Crippen molar-refractivity contribution in [3.05, 3.63) is 48.0 Å². The van der Waals surface area contributed by atoms with Crippen molar-refractivity contribution in [3.8, 4) is 5.75 Å². The molecule has 0 bridgehead atoms. The van der Waals surface area contributed by atoms with Gasteiger partial charge in [-0.15, -0.1) is 0 Å². The quantitative estimate of drug-likeness (QED) is 0.651. The summed E-state index contributed by atoms with van der Waals surface area (Å²) in [5.74, 6) is -0.314. The normalized spacial score (nSPS) is 11.5. The third-order valence-corrected chi connectivity index (χ3v) is 3.22. The summed E-state index contributed by atoms with van der Waals surface area (Å²) in [5.41, 5.74) is 2.25. The number of carbonyl (C=O) groups excluding carboxylic acids is 1. The van der Waals surface area contributed by atoms with E-state index in [1.165, 1.54) is 25.1 Å². The molecule has 7 nitrogen and oxygen atoms in total. The molecular weight excluding hydrogens is 337 g/mol. The standard InChI is InChI=1S/C15H14FN3O4S/c1-10-9-14(23-24(16,21)22)7-8-15(10)19-18-13-5-3-12(4-6-13)17-11(2)20/h3-9H,1-2H3,(H,17,20). The van der Waals surface area contributed by atoms with Crippen LogP contribution in [0.3, 0.4) is 0 Å². The van der Waals surface area contributed by atoms with Gasteiger partial charge < -0.3 is 9.50 Å². The lowest BCUT2D eigenvalue weighted by molar-refractivity contribution is -0.114. The van der Waals surface area contributed by atoms with Crippen LogP contribution in [0.4, 0.5) is 20.9 Å². The predicted octanol–water partition coefficient (Wildman–Crippen LogP) is 3.96. The van der Waals surface area contributed by atoms with Gasteiger partial charge in [-0.1, -0.05) is 3.89 Å². The van der Waals surface area contributed by atoms with Gasteiger partial charge in [-0.3, -0.25) is 4.79 Å². The summed E-state index contributed by atoms with van der Waals surface area (Å²) < 4.78 is 37.5. The van der Waals surface area contributed by atoms with Crippen LogP contribution in [0.2, 0.25) is 0 Å². The first-order valence-electron chi connectivity index (χ1n) is 6.77. The number of halogens is 1. The van der Waals surface area contributed by atoms with Crippen molar-refractivity contribution in [1.82, 2.24) is 0 Å². The summed E-state index contributed by atoms with van der Waals surface area (Å²) in [6.07, 6.45) is 0. The molecule has 0 aromatic heterocycles. The molecule has 0 atom stereocenters. The molecule has 0 aliphatic carbocycles. The summed E-state index contributed by atoms with van der Waals surface area (Å²) in [5, 5.41) is 10.7. The Labute approximate surface area is 138 Å². The number of rotatable bonds is 5. The summed E-state index contributed by atoms with van der Waals surface area (Å²) in [7, 11) is -5.06. The van der Waals surface area contributed by atoms with E-state index in [2.05, 4.69) is 19.7 Å². The average Bonchev–Trinajstić information content (AvgIpc) is 2.46. The van der Waals surface area contributed by atoms with Crippen LogP contribution in [-0.2, 0) is 15.3 Å². The number of azo groups is 1. The molecule has 1 amide bonds. The van der Waals surface area contributed by atoms with Crippen molar-refractivity contribution in [3.63, 3.8) is 0 Å². The lowest BCUT2D eigenvalue weighted by atomic mass is 10.2. The van der Waals surface area contributed by atoms with Crippen LogP contribution in [0.5, 0.6) is 5.75 Å². The SMILES string of the molecule is CC(=O)Nc1ccc(N=Nc2ccc(OS(=O)(=O)F)cc2C)cc1. The van der Waals surface area contributed by atoms with Crippen molar-refractivity contribution in [2.45, 2.75) is 13.8 Å². The molecule has 1 N–H and O–H groups in total. The zero-order valence-corrected chi connectivity index (χ0v) is 13.7. The number of hydrogen-bond donors (Lipinski definition) is 1. The summed E-state index contributed by atoms with van der Waals surface area (Å²) in [6, 6.07) is 10.8. The molecule has 0 aliphatic rings. The highest BCUT2D eigenvalue weighted by molar-refractivity contribution is 7.81. The molecule has 24 heavy (non-hydrogen) atoms. The van der Waals surface area contributed by atoms with Crippen LogP contribution in [0, 0.1) is 6.92 Å². The zero-order valence-electron chi connectivity index (χ0n) is 12.9. The minimum Gasteiger partial charge on any atom is -0.358 e. The van der Waals surface area contributed by atoms with E-state index < -0.39 is 10.5 Å². The van der Waals surface area contributed by atoms with Crippen LogP contribution in [0.1, 0.15) is 12.5 Å². The number of anilines is 1. The third kappa shape index (κ3) is 5.43. The first-order chi connectivity index (χ1) is 11.2. The van der Waals surface area contributed by atoms with Crippen molar-refractivity contribution < 1.29 is 21.3 Å². The fourth-order valence-corrected chi connectivity index (χ4v) is 2.17. The van der Waals surface area contributed by atoms with Gasteiger partial charge in [0.25, 0.3) is 0 Å². The lowest BCUT2D eigenvalue weighted by Gasteiger charge is -2.04. The molecule has 2 rings (SSSR count). The molecular formula is C15H14FN3O4S. The molecule has 0 saturated heterocycles. The molecule has 0 saturated carbocycles. The second-order valence-corrected chi connectivity index (χ2v) is 5.81. The number of nitrogens with zero attached hydrogens (tertiary/aromatic N) is 2. The molecule has 2 aromatic carbocycles. The Morgan fingerprint density at radius 1 is 1.12 bits per heavy atom. The number of carbonyl (C=O) groups is 1. The number of aryl methyl sites for hydroxylation is 1. The van der Waals surface area contributed by atoms with Gasteiger partial charge in [-0.2, -0.15) is 18.6 Å². The van der Waals surface area contributed by atoms with Gasteiger partial charge in [-0.25, -0.2) is 0 Å². The monoisotopic (exact) mass is 351 g/mol. The van der Waals surface area contributed by atoms with Gasteiger partial charge in [0, 0.05) is 12.6 Å². The van der Waals surface area contributed by atoms with E-state index in [1.807, 2.05) is 0 Å². The average molecular weight is 351 g/mol. The van der Waals surface area contributed by atoms with Crippen molar-refractivity contribution in [2.75, 3.05) is 5.32 Å². The smallest absolute Gasteiger partial charge is 0.358 e. The van der Waals surface area contributed by atoms with Crippen LogP contribution in [-0.4, -0.2) is 14.3 Å². The van der Waals surface area contributed by atoms with Gasteiger partial charge >= 0.3 is 10.5 Å². The van der Waals surface area contributed by atoms with E-state index in [0.717, 1.165) is 0 Å². The first-order valence-corrected chi connectivity index (χ1v) is 8.08. The topological polar surface area (TPSA) is 97.2 Å². The fourth-order valence-electron chi connectivity index (χ4n) is 1.83. The molecule has 2 aromatic rings.